The summed E-state index contributed by atoms with van der Waals surface area (Å²) < 4.78 is 5.13. The summed E-state index contributed by atoms with van der Waals surface area (Å²) in [4.78, 5) is 11.8. The molecule has 0 aliphatic heterocycles. The van der Waals surface area contributed by atoms with E-state index in [2.05, 4.69) is 17.2 Å². The van der Waals surface area contributed by atoms with Crippen LogP contribution in [0.1, 0.15) is 5.56 Å². The SMILES string of the molecule is NCC#Cc1ccc(Cl)c(NC(=O)Oc2ccccc2)c1. The van der Waals surface area contributed by atoms with E-state index in [0.29, 0.717) is 22.0 Å². The number of nitrogens with two attached hydrogens (primary N) is 1. The van der Waals surface area contributed by atoms with Gasteiger partial charge >= 0.3 is 6.09 Å². The van der Waals surface area contributed by atoms with Gasteiger partial charge in [-0.3, -0.25) is 5.32 Å². The van der Waals surface area contributed by atoms with Crippen molar-refractivity contribution in [2.75, 3.05) is 11.9 Å². The fourth-order valence-electron chi connectivity index (χ4n) is 1.58. The number of anilines is 1. The van der Waals surface area contributed by atoms with Crippen LogP contribution in [0.4, 0.5) is 10.5 Å². The highest BCUT2D eigenvalue weighted by atomic mass is 35.5. The summed E-state index contributed by atoms with van der Waals surface area (Å²) in [6, 6.07) is 13.8. The molecule has 0 aliphatic rings. The number of amides is 1. The molecule has 0 radical (unpaired) electrons. The molecule has 21 heavy (non-hydrogen) atoms. The minimum Gasteiger partial charge on any atom is -0.410 e. The number of carbonyl (C=O) groups is 1. The van der Waals surface area contributed by atoms with E-state index >= 15 is 0 Å². The van der Waals surface area contributed by atoms with Crippen molar-refractivity contribution in [2.24, 2.45) is 5.73 Å². The van der Waals surface area contributed by atoms with Crippen molar-refractivity contribution in [1.82, 2.24) is 0 Å². The van der Waals surface area contributed by atoms with Crippen LogP contribution in [0.2, 0.25) is 5.02 Å². The average molecular weight is 301 g/mol. The van der Waals surface area contributed by atoms with Gasteiger partial charge in [0.05, 0.1) is 17.3 Å². The molecule has 2 aromatic carbocycles. The van der Waals surface area contributed by atoms with Gasteiger partial charge in [-0.25, -0.2) is 4.79 Å². The Morgan fingerprint density at radius 2 is 2.00 bits per heavy atom. The Hall–Kier alpha value is -2.48. The van der Waals surface area contributed by atoms with Crippen LogP contribution in [0.3, 0.4) is 0 Å². The largest absolute Gasteiger partial charge is 0.417 e. The van der Waals surface area contributed by atoms with Gasteiger partial charge in [-0.2, -0.15) is 0 Å². The monoisotopic (exact) mass is 300 g/mol. The van der Waals surface area contributed by atoms with Crippen molar-refractivity contribution in [3.8, 4) is 17.6 Å². The summed E-state index contributed by atoms with van der Waals surface area (Å²) in [6.07, 6.45) is -0.618. The van der Waals surface area contributed by atoms with Gasteiger partial charge in [0.15, 0.2) is 0 Å². The molecule has 2 rings (SSSR count). The smallest absolute Gasteiger partial charge is 0.410 e. The maximum Gasteiger partial charge on any atom is 0.417 e. The third-order valence-corrected chi connectivity index (χ3v) is 2.82. The summed E-state index contributed by atoms with van der Waals surface area (Å²) in [6.45, 7) is 0.265. The Morgan fingerprint density at radius 3 is 2.71 bits per heavy atom. The number of carbonyl (C=O) groups excluding carboxylic acids is 1. The van der Waals surface area contributed by atoms with Crippen LogP contribution in [-0.4, -0.2) is 12.6 Å². The quantitative estimate of drug-likeness (QED) is 0.837. The first-order valence-electron chi connectivity index (χ1n) is 6.21. The second-order valence-corrected chi connectivity index (χ2v) is 4.44. The van der Waals surface area contributed by atoms with E-state index in [1.165, 1.54) is 0 Å². The Kier molecular flexibility index (Phi) is 5.22. The zero-order chi connectivity index (χ0) is 15.1. The molecule has 0 spiro atoms. The third-order valence-electron chi connectivity index (χ3n) is 2.49. The first-order valence-corrected chi connectivity index (χ1v) is 6.59. The van der Waals surface area contributed by atoms with Crippen LogP contribution in [0.15, 0.2) is 48.5 Å². The molecule has 0 aliphatic carbocycles. The fraction of sp³-hybridized carbons (Fsp3) is 0.0625. The Labute approximate surface area is 127 Å². The van der Waals surface area contributed by atoms with Crippen molar-refractivity contribution in [3.63, 3.8) is 0 Å². The van der Waals surface area contributed by atoms with Crippen LogP contribution in [0, 0.1) is 11.8 Å². The first kappa shape index (κ1) is 14.9. The molecule has 3 N–H and O–H groups in total. The molecule has 2 aromatic rings. The molecule has 5 heteroatoms. The molecule has 0 saturated carbocycles. The molecular weight excluding hydrogens is 288 g/mol. The number of nitrogens with one attached hydrogen (secondary N) is 1. The number of hydrogen-bond donors (Lipinski definition) is 2. The number of rotatable bonds is 2. The third kappa shape index (κ3) is 4.53. The standard InChI is InChI=1S/C16H13ClN2O2/c17-14-9-8-12(5-4-10-18)11-15(14)19-16(20)21-13-6-2-1-3-7-13/h1-3,6-9,11H,10,18H2,(H,19,20). The minimum atomic E-state index is -0.618. The topological polar surface area (TPSA) is 64.3 Å². The lowest BCUT2D eigenvalue weighted by Gasteiger charge is -2.08. The van der Waals surface area contributed by atoms with Gasteiger partial charge < -0.3 is 10.5 Å². The maximum absolute atomic E-state index is 11.8. The van der Waals surface area contributed by atoms with Crippen molar-refractivity contribution >= 4 is 23.4 Å². The maximum atomic E-state index is 11.8. The van der Waals surface area contributed by atoms with Gasteiger partial charge in [0, 0.05) is 5.56 Å². The van der Waals surface area contributed by atoms with Gasteiger partial charge in [0.1, 0.15) is 5.75 Å². The lowest BCUT2D eigenvalue weighted by molar-refractivity contribution is 0.215. The highest BCUT2D eigenvalue weighted by Gasteiger charge is 2.08. The molecule has 4 nitrogen and oxygen atoms in total. The van der Waals surface area contributed by atoms with Crippen molar-refractivity contribution < 1.29 is 9.53 Å². The molecule has 0 atom stereocenters. The average Bonchev–Trinajstić information content (AvgIpc) is 2.49. The van der Waals surface area contributed by atoms with E-state index in [-0.39, 0.29) is 6.54 Å². The molecule has 0 unspecified atom stereocenters. The van der Waals surface area contributed by atoms with Gasteiger partial charge in [0.2, 0.25) is 0 Å². The van der Waals surface area contributed by atoms with Gasteiger partial charge in [-0.1, -0.05) is 41.6 Å². The molecule has 0 fully saturated rings. The first-order chi connectivity index (χ1) is 10.2. The van der Waals surface area contributed by atoms with Crippen LogP contribution < -0.4 is 15.8 Å². The second-order valence-electron chi connectivity index (χ2n) is 4.03. The normalized spacial score (nSPS) is 9.43. The van der Waals surface area contributed by atoms with Gasteiger partial charge in [-0.15, -0.1) is 0 Å². The van der Waals surface area contributed by atoms with Crippen molar-refractivity contribution in [3.05, 3.63) is 59.1 Å². The van der Waals surface area contributed by atoms with Crippen LogP contribution >= 0.6 is 11.6 Å². The number of halogens is 1. The van der Waals surface area contributed by atoms with Crippen LogP contribution in [0.25, 0.3) is 0 Å². The summed E-state index contributed by atoms with van der Waals surface area (Å²) in [5.74, 6) is 6.05. The van der Waals surface area contributed by atoms with E-state index in [9.17, 15) is 4.79 Å². The van der Waals surface area contributed by atoms with E-state index < -0.39 is 6.09 Å². The van der Waals surface area contributed by atoms with E-state index in [1.54, 1.807) is 42.5 Å². The Morgan fingerprint density at radius 1 is 1.24 bits per heavy atom. The van der Waals surface area contributed by atoms with E-state index in [1.807, 2.05) is 6.07 Å². The lowest BCUT2D eigenvalue weighted by Crippen LogP contribution is -2.17. The Bertz CT molecular complexity index is 690. The summed E-state index contributed by atoms with van der Waals surface area (Å²) in [5.41, 5.74) is 6.46. The van der Waals surface area contributed by atoms with Crippen LogP contribution in [0.5, 0.6) is 5.75 Å². The van der Waals surface area contributed by atoms with Gasteiger partial charge in [-0.05, 0) is 30.3 Å². The van der Waals surface area contributed by atoms with Crippen molar-refractivity contribution in [1.29, 1.82) is 0 Å². The Balaban J connectivity index is 2.09. The molecule has 0 heterocycles. The molecule has 106 valence electrons. The number of hydrogen-bond acceptors (Lipinski definition) is 3. The highest BCUT2D eigenvalue weighted by Crippen LogP contribution is 2.23. The summed E-state index contributed by atoms with van der Waals surface area (Å²) in [7, 11) is 0. The lowest BCUT2D eigenvalue weighted by atomic mass is 10.2. The molecule has 1 amide bonds. The summed E-state index contributed by atoms with van der Waals surface area (Å²) in [5, 5.41) is 2.98. The fourth-order valence-corrected chi connectivity index (χ4v) is 1.75. The zero-order valence-electron chi connectivity index (χ0n) is 11.1. The number of benzene rings is 2. The number of para-hydroxylation sites is 1. The summed E-state index contributed by atoms with van der Waals surface area (Å²) >= 11 is 6.03. The predicted molar refractivity (Wildman–Crippen MR) is 83.5 cm³/mol. The molecule has 0 bridgehead atoms. The molecule has 0 saturated heterocycles. The van der Waals surface area contributed by atoms with Crippen LogP contribution in [-0.2, 0) is 0 Å². The van der Waals surface area contributed by atoms with E-state index in [0.717, 1.165) is 0 Å². The second kappa shape index (κ2) is 7.34. The molecule has 0 aromatic heterocycles. The minimum absolute atomic E-state index is 0.265. The van der Waals surface area contributed by atoms with Gasteiger partial charge in [0.25, 0.3) is 0 Å². The number of ether oxygens (including phenoxy) is 1. The highest BCUT2D eigenvalue weighted by molar-refractivity contribution is 6.33. The zero-order valence-corrected chi connectivity index (χ0v) is 11.9. The molecular formula is C16H13ClN2O2. The predicted octanol–water partition coefficient (Wildman–Crippen LogP) is 3.26. The van der Waals surface area contributed by atoms with Crippen molar-refractivity contribution in [2.45, 2.75) is 0 Å². The van der Waals surface area contributed by atoms with E-state index in [4.69, 9.17) is 22.1 Å².